The molecule has 0 spiro atoms. The van der Waals surface area contributed by atoms with Crippen LogP contribution in [0.1, 0.15) is 22.5 Å². The van der Waals surface area contributed by atoms with Gasteiger partial charge in [-0.1, -0.05) is 0 Å². The molecule has 1 heterocycles. The van der Waals surface area contributed by atoms with Gasteiger partial charge in [0.1, 0.15) is 11.3 Å². The number of pyridine rings is 1. The van der Waals surface area contributed by atoms with Crippen LogP contribution in [0.25, 0.3) is 0 Å². The average Bonchev–Trinajstić information content (AvgIpc) is 2.16. The van der Waals surface area contributed by atoms with E-state index in [2.05, 4.69) is 4.98 Å². The van der Waals surface area contributed by atoms with Crippen molar-refractivity contribution in [2.24, 2.45) is 0 Å². The van der Waals surface area contributed by atoms with Gasteiger partial charge in [0.25, 0.3) is 12.1 Å². The molecule has 0 atom stereocenters. The maximum Gasteiger partial charge on any atom is 0.286 e. The molecule has 1 aromatic rings. The topological polar surface area (TPSA) is 73.1 Å². The van der Waals surface area contributed by atoms with E-state index in [0.717, 1.165) is 0 Å². The van der Waals surface area contributed by atoms with Gasteiger partial charge in [-0.3, -0.25) is 14.9 Å². The van der Waals surface area contributed by atoms with Crippen LogP contribution in [0.15, 0.2) is 6.07 Å². The van der Waals surface area contributed by atoms with Gasteiger partial charge in [-0.05, 0) is 0 Å². The van der Waals surface area contributed by atoms with Crippen LogP contribution in [0.2, 0.25) is 0 Å². The van der Waals surface area contributed by atoms with Crippen molar-refractivity contribution in [3.05, 3.63) is 33.4 Å². The molecule has 0 bridgehead atoms. The van der Waals surface area contributed by atoms with Gasteiger partial charge in [-0.25, -0.2) is 13.8 Å². The molecule has 0 saturated heterocycles. The Hall–Kier alpha value is -1.99. The smallest absolute Gasteiger partial charge is 0.286 e. The second kappa shape index (κ2) is 4.03. The normalized spacial score (nSPS) is 10.4. The molecule has 80 valence electrons. The molecule has 15 heavy (non-hydrogen) atoms. The molecule has 5 nitrogen and oxygen atoms in total. The third kappa shape index (κ3) is 2.09. The fraction of sp³-hybridized carbons (Fsp3) is 0.143. The van der Waals surface area contributed by atoms with Crippen LogP contribution < -0.4 is 0 Å². The van der Waals surface area contributed by atoms with Crippen LogP contribution in [0, 0.1) is 16.1 Å². The molecule has 0 aliphatic heterocycles. The van der Waals surface area contributed by atoms with Crippen molar-refractivity contribution in [2.45, 2.75) is 6.43 Å². The Bertz CT molecular complexity index is 422. The molecule has 0 aliphatic carbocycles. The van der Waals surface area contributed by atoms with E-state index in [4.69, 9.17) is 0 Å². The van der Waals surface area contributed by atoms with Gasteiger partial charge in [0.05, 0.1) is 11.0 Å². The predicted molar refractivity (Wildman–Crippen MR) is 41.2 cm³/mol. The molecule has 8 heteroatoms. The van der Waals surface area contributed by atoms with Gasteiger partial charge in [-0.2, -0.15) is 4.39 Å². The fourth-order valence-electron chi connectivity index (χ4n) is 0.967. The summed E-state index contributed by atoms with van der Waals surface area (Å²) >= 11 is 0. The minimum atomic E-state index is -3.25. The minimum Gasteiger partial charge on any atom is -0.298 e. The summed E-state index contributed by atoms with van der Waals surface area (Å²) in [5.74, 6) is -1.43. The number of hydrogen-bond donors (Lipinski definition) is 0. The molecule has 0 aliphatic rings. The molecule has 0 saturated carbocycles. The van der Waals surface area contributed by atoms with E-state index in [1.807, 2.05) is 0 Å². The number of aromatic nitrogens is 1. The summed E-state index contributed by atoms with van der Waals surface area (Å²) in [7, 11) is 0. The number of alkyl halides is 2. The number of carbonyl (C=O) groups is 1. The SMILES string of the molecule is O=Cc1c([N+](=O)[O-])cc(F)nc1C(F)F. The largest absolute Gasteiger partial charge is 0.298 e. The van der Waals surface area contributed by atoms with Crippen molar-refractivity contribution in [1.29, 1.82) is 0 Å². The zero-order valence-corrected chi connectivity index (χ0v) is 6.99. The zero-order valence-electron chi connectivity index (χ0n) is 6.99. The molecular weight excluding hydrogens is 217 g/mol. The lowest BCUT2D eigenvalue weighted by molar-refractivity contribution is -0.385. The Labute approximate surface area is 80.7 Å². The van der Waals surface area contributed by atoms with Gasteiger partial charge < -0.3 is 0 Å². The molecule has 0 aromatic carbocycles. The fourth-order valence-corrected chi connectivity index (χ4v) is 0.967. The van der Waals surface area contributed by atoms with Crippen LogP contribution in [0.3, 0.4) is 0 Å². The van der Waals surface area contributed by atoms with Crippen molar-refractivity contribution in [2.75, 3.05) is 0 Å². The van der Waals surface area contributed by atoms with Crippen molar-refractivity contribution < 1.29 is 22.9 Å². The van der Waals surface area contributed by atoms with Crippen LogP contribution in [0.4, 0.5) is 18.9 Å². The zero-order chi connectivity index (χ0) is 11.6. The van der Waals surface area contributed by atoms with Gasteiger partial charge in [-0.15, -0.1) is 0 Å². The number of nitrogens with zero attached hydrogens (tertiary/aromatic N) is 2. The summed E-state index contributed by atoms with van der Waals surface area (Å²) < 4.78 is 37.1. The molecule has 0 N–H and O–H groups in total. The van der Waals surface area contributed by atoms with Crippen molar-refractivity contribution in [3.63, 3.8) is 0 Å². The van der Waals surface area contributed by atoms with E-state index in [1.54, 1.807) is 0 Å². The summed E-state index contributed by atoms with van der Waals surface area (Å²) in [6.07, 6.45) is -3.40. The van der Waals surface area contributed by atoms with E-state index in [1.165, 1.54) is 0 Å². The van der Waals surface area contributed by atoms with Crippen molar-refractivity contribution in [1.82, 2.24) is 4.98 Å². The molecule has 1 rings (SSSR count). The monoisotopic (exact) mass is 220 g/mol. The summed E-state index contributed by atoms with van der Waals surface area (Å²) in [6.45, 7) is 0. The third-order valence-corrected chi connectivity index (χ3v) is 1.56. The molecule has 0 amide bonds. The van der Waals surface area contributed by atoms with E-state index in [0.29, 0.717) is 6.07 Å². The van der Waals surface area contributed by atoms with E-state index in [9.17, 15) is 28.1 Å². The molecule has 1 aromatic heterocycles. The Morgan fingerprint density at radius 2 is 2.13 bits per heavy atom. The highest BCUT2D eigenvalue weighted by Crippen LogP contribution is 2.27. The highest BCUT2D eigenvalue weighted by molar-refractivity contribution is 5.82. The number of halogens is 3. The lowest BCUT2D eigenvalue weighted by Gasteiger charge is -2.02. The number of carbonyl (C=O) groups excluding carboxylic acids is 1. The van der Waals surface area contributed by atoms with E-state index < -0.39 is 34.2 Å². The molecule has 0 unspecified atom stereocenters. The van der Waals surface area contributed by atoms with E-state index in [-0.39, 0.29) is 6.29 Å². The Balaban J connectivity index is 3.52. The number of aldehydes is 1. The lowest BCUT2D eigenvalue weighted by atomic mass is 10.2. The number of hydrogen-bond acceptors (Lipinski definition) is 4. The van der Waals surface area contributed by atoms with Gasteiger partial charge >= 0.3 is 0 Å². The minimum absolute atomic E-state index is 0.147. The van der Waals surface area contributed by atoms with Gasteiger partial charge in [0.15, 0.2) is 6.29 Å². The maximum atomic E-state index is 12.6. The third-order valence-electron chi connectivity index (χ3n) is 1.56. The highest BCUT2D eigenvalue weighted by Gasteiger charge is 2.25. The standard InChI is InChI=1S/C7H3F3N2O3/c8-5-1-4(12(14)15)3(2-13)6(11-5)7(9)10/h1-2,7H. The molecule has 0 radical (unpaired) electrons. The Morgan fingerprint density at radius 3 is 2.53 bits per heavy atom. The van der Waals surface area contributed by atoms with Crippen LogP contribution in [-0.2, 0) is 0 Å². The Morgan fingerprint density at radius 1 is 1.53 bits per heavy atom. The lowest BCUT2D eigenvalue weighted by Crippen LogP contribution is -2.05. The highest BCUT2D eigenvalue weighted by atomic mass is 19.3. The summed E-state index contributed by atoms with van der Waals surface area (Å²) in [5.41, 5.74) is -3.15. The Kier molecular flexibility index (Phi) is 2.98. The first-order valence-electron chi connectivity index (χ1n) is 3.55. The van der Waals surface area contributed by atoms with Crippen molar-refractivity contribution >= 4 is 12.0 Å². The summed E-state index contributed by atoms with van der Waals surface area (Å²) in [6, 6.07) is 0.315. The number of nitro groups is 1. The predicted octanol–water partition coefficient (Wildman–Crippen LogP) is 1.88. The second-order valence-electron chi connectivity index (χ2n) is 2.44. The summed E-state index contributed by atoms with van der Waals surface area (Å²) in [4.78, 5) is 22.3. The first-order valence-corrected chi connectivity index (χ1v) is 3.55. The van der Waals surface area contributed by atoms with Crippen LogP contribution >= 0.6 is 0 Å². The van der Waals surface area contributed by atoms with Gasteiger partial charge in [0.2, 0.25) is 5.95 Å². The van der Waals surface area contributed by atoms with Crippen molar-refractivity contribution in [3.8, 4) is 0 Å². The second-order valence-corrected chi connectivity index (χ2v) is 2.44. The molecule has 0 fully saturated rings. The quantitative estimate of drug-likeness (QED) is 0.337. The first kappa shape index (κ1) is 11.1. The summed E-state index contributed by atoms with van der Waals surface area (Å²) in [5, 5.41) is 10.3. The average molecular weight is 220 g/mol. The van der Waals surface area contributed by atoms with E-state index >= 15 is 0 Å². The van der Waals surface area contributed by atoms with Crippen LogP contribution in [-0.4, -0.2) is 16.2 Å². The first-order chi connectivity index (χ1) is 6.97. The van der Waals surface area contributed by atoms with Gasteiger partial charge in [0, 0.05) is 0 Å². The molecular formula is C7H3F3N2O3. The maximum absolute atomic E-state index is 12.6. The number of rotatable bonds is 3. The van der Waals surface area contributed by atoms with Crippen LogP contribution in [0.5, 0.6) is 0 Å².